The van der Waals surface area contributed by atoms with E-state index in [4.69, 9.17) is 15.2 Å². The predicted octanol–water partition coefficient (Wildman–Crippen LogP) is 1.54. The van der Waals surface area contributed by atoms with Crippen LogP contribution in [0.15, 0.2) is 12.1 Å². The monoisotopic (exact) mass is 209 g/mol. The highest BCUT2D eigenvalue weighted by Crippen LogP contribution is 2.50. The van der Waals surface area contributed by atoms with E-state index in [9.17, 15) is 4.39 Å². The Kier molecular flexibility index (Phi) is 1.71. The second-order valence-electron chi connectivity index (χ2n) is 4.11. The summed E-state index contributed by atoms with van der Waals surface area (Å²) in [6.45, 7) is 0.852. The summed E-state index contributed by atoms with van der Waals surface area (Å²) in [5, 5.41) is 0. The average Bonchev–Trinajstić information content (AvgIpc) is 2.98. The minimum absolute atomic E-state index is 0.218. The van der Waals surface area contributed by atoms with Gasteiger partial charge in [-0.1, -0.05) is 6.07 Å². The minimum atomic E-state index is -0.377. The molecule has 1 aliphatic heterocycles. The lowest BCUT2D eigenvalue weighted by atomic mass is 10.0. The van der Waals surface area contributed by atoms with Crippen LogP contribution in [0.4, 0.5) is 4.39 Å². The summed E-state index contributed by atoms with van der Waals surface area (Å²) in [5.74, 6) is 0.342. The van der Waals surface area contributed by atoms with Crippen LogP contribution in [0.2, 0.25) is 0 Å². The van der Waals surface area contributed by atoms with Crippen molar-refractivity contribution in [2.75, 3.05) is 13.2 Å². The van der Waals surface area contributed by atoms with Crippen molar-refractivity contribution in [1.82, 2.24) is 0 Å². The van der Waals surface area contributed by atoms with Gasteiger partial charge in [-0.3, -0.25) is 0 Å². The van der Waals surface area contributed by atoms with Crippen molar-refractivity contribution in [2.24, 2.45) is 5.73 Å². The lowest BCUT2D eigenvalue weighted by Crippen LogP contribution is -2.24. The number of benzene rings is 1. The molecule has 1 saturated carbocycles. The summed E-state index contributed by atoms with van der Waals surface area (Å²) < 4.78 is 24.1. The van der Waals surface area contributed by atoms with Crippen LogP contribution in [0, 0.1) is 5.82 Å². The zero-order valence-electron chi connectivity index (χ0n) is 8.25. The number of hydrogen-bond acceptors (Lipinski definition) is 3. The van der Waals surface area contributed by atoms with Crippen molar-refractivity contribution >= 4 is 0 Å². The fourth-order valence-corrected chi connectivity index (χ4v) is 1.90. The van der Waals surface area contributed by atoms with Crippen molar-refractivity contribution in [1.29, 1.82) is 0 Å². The molecule has 80 valence electrons. The Morgan fingerprint density at radius 3 is 2.47 bits per heavy atom. The van der Waals surface area contributed by atoms with Crippen LogP contribution >= 0.6 is 0 Å². The molecule has 1 aromatic carbocycles. The molecule has 2 N–H and O–H groups in total. The highest BCUT2D eigenvalue weighted by atomic mass is 19.1. The summed E-state index contributed by atoms with van der Waals surface area (Å²) in [6.07, 6.45) is 1.85. The van der Waals surface area contributed by atoms with Gasteiger partial charge in [0.2, 0.25) is 0 Å². The van der Waals surface area contributed by atoms with Crippen molar-refractivity contribution < 1.29 is 13.9 Å². The lowest BCUT2D eigenvalue weighted by molar-refractivity contribution is 0.161. The molecular weight excluding hydrogens is 197 g/mol. The second-order valence-corrected chi connectivity index (χ2v) is 4.11. The van der Waals surface area contributed by atoms with Gasteiger partial charge in [0.1, 0.15) is 13.2 Å². The van der Waals surface area contributed by atoms with E-state index in [1.54, 1.807) is 6.07 Å². The smallest absolute Gasteiger partial charge is 0.197 e. The maximum atomic E-state index is 13.4. The summed E-state index contributed by atoms with van der Waals surface area (Å²) in [4.78, 5) is 0. The molecule has 4 heteroatoms. The number of ether oxygens (including phenoxy) is 2. The Labute approximate surface area is 87.0 Å². The number of rotatable bonds is 1. The third-order valence-electron chi connectivity index (χ3n) is 2.97. The molecule has 1 aliphatic carbocycles. The summed E-state index contributed by atoms with van der Waals surface area (Å²) >= 11 is 0. The number of fused-ring (bicyclic) bond motifs is 1. The van der Waals surface area contributed by atoms with Gasteiger partial charge in [0.25, 0.3) is 0 Å². The van der Waals surface area contributed by atoms with E-state index in [0.29, 0.717) is 19.0 Å². The first-order chi connectivity index (χ1) is 7.21. The Hall–Kier alpha value is -1.29. The van der Waals surface area contributed by atoms with E-state index in [1.165, 1.54) is 6.07 Å². The third-order valence-corrected chi connectivity index (χ3v) is 2.97. The molecule has 0 saturated heterocycles. The van der Waals surface area contributed by atoms with Gasteiger partial charge in [0.05, 0.1) is 0 Å². The van der Waals surface area contributed by atoms with E-state index < -0.39 is 0 Å². The minimum Gasteiger partial charge on any atom is -0.486 e. The van der Waals surface area contributed by atoms with Gasteiger partial charge in [-0.2, -0.15) is 0 Å². The van der Waals surface area contributed by atoms with E-state index in [-0.39, 0.29) is 17.1 Å². The predicted molar refractivity (Wildman–Crippen MR) is 52.5 cm³/mol. The zero-order valence-corrected chi connectivity index (χ0v) is 8.25. The number of hydrogen-bond donors (Lipinski definition) is 1. The molecule has 1 heterocycles. The normalized spacial score (nSPS) is 21.2. The topological polar surface area (TPSA) is 44.5 Å². The molecule has 2 aliphatic rings. The van der Waals surface area contributed by atoms with E-state index in [2.05, 4.69) is 0 Å². The molecule has 3 rings (SSSR count). The molecule has 0 spiro atoms. The quantitative estimate of drug-likeness (QED) is 0.763. The van der Waals surface area contributed by atoms with E-state index in [1.807, 2.05) is 0 Å². The highest BCUT2D eigenvalue weighted by molar-refractivity contribution is 5.53. The molecule has 1 fully saturated rings. The van der Waals surface area contributed by atoms with Gasteiger partial charge in [-0.25, -0.2) is 4.39 Å². The molecular formula is C11H12FNO2. The summed E-state index contributed by atoms with van der Waals surface area (Å²) in [5.41, 5.74) is 6.64. The molecule has 0 unspecified atom stereocenters. The summed E-state index contributed by atoms with van der Waals surface area (Å²) in [7, 11) is 0. The molecule has 15 heavy (non-hydrogen) atoms. The first kappa shape index (κ1) is 8.97. The molecule has 3 nitrogen and oxygen atoms in total. The van der Waals surface area contributed by atoms with Gasteiger partial charge >= 0.3 is 0 Å². The van der Waals surface area contributed by atoms with Crippen molar-refractivity contribution in [3.8, 4) is 11.5 Å². The summed E-state index contributed by atoms with van der Waals surface area (Å²) in [6, 6.07) is 3.10. The van der Waals surface area contributed by atoms with Crippen LogP contribution in [-0.2, 0) is 5.54 Å². The second kappa shape index (κ2) is 2.85. The Morgan fingerprint density at radius 2 is 1.80 bits per heavy atom. The molecule has 0 atom stereocenters. The third kappa shape index (κ3) is 1.28. The fourth-order valence-electron chi connectivity index (χ4n) is 1.90. The standard InChI is InChI=1S/C11H12FNO2/c12-8-2-1-7(11(13)3-4-11)9-10(8)15-6-5-14-9/h1-2H,3-6,13H2. The molecule has 0 aromatic heterocycles. The van der Waals surface area contributed by atoms with Crippen LogP contribution in [0.1, 0.15) is 18.4 Å². The van der Waals surface area contributed by atoms with Crippen molar-refractivity contribution in [2.45, 2.75) is 18.4 Å². The molecule has 0 bridgehead atoms. The number of nitrogens with two attached hydrogens (primary N) is 1. The van der Waals surface area contributed by atoms with Crippen LogP contribution in [-0.4, -0.2) is 13.2 Å². The SMILES string of the molecule is NC1(c2ccc(F)c3c2OCCO3)CC1. The highest BCUT2D eigenvalue weighted by Gasteiger charge is 2.43. The van der Waals surface area contributed by atoms with Gasteiger partial charge in [-0.05, 0) is 18.9 Å². The Bertz CT molecular complexity index is 415. The van der Waals surface area contributed by atoms with Crippen molar-refractivity contribution in [3.63, 3.8) is 0 Å². The molecule has 0 radical (unpaired) electrons. The number of halogens is 1. The maximum absolute atomic E-state index is 13.4. The molecule has 0 amide bonds. The fraction of sp³-hybridized carbons (Fsp3) is 0.455. The molecule has 1 aromatic rings. The zero-order chi connectivity index (χ0) is 10.5. The Morgan fingerprint density at radius 1 is 1.13 bits per heavy atom. The maximum Gasteiger partial charge on any atom is 0.197 e. The van der Waals surface area contributed by atoms with Crippen LogP contribution < -0.4 is 15.2 Å². The first-order valence-electron chi connectivity index (χ1n) is 5.08. The Balaban J connectivity index is 2.15. The average molecular weight is 209 g/mol. The van der Waals surface area contributed by atoms with Gasteiger partial charge < -0.3 is 15.2 Å². The van der Waals surface area contributed by atoms with E-state index >= 15 is 0 Å². The first-order valence-corrected chi connectivity index (χ1v) is 5.08. The van der Waals surface area contributed by atoms with Crippen LogP contribution in [0.5, 0.6) is 11.5 Å². The van der Waals surface area contributed by atoms with Gasteiger partial charge in [-0.15, -0.1) is 0 Å². The van der Waals surface area contributed by atoms with Crippen molar-refractivity contribution in [3.05, 3.63) is 23.5 Å². The largest absolute Gasteiger partial charge is 0.486 e. The van der Waals surface area contributed by atoms with Crippen LogP contribution in [0.25, 0.3) is 0 Å². The van der Waals surface area contributed by atoms with Gasteiger partial charge in [0, 0.05) is 11.1 Å². The van der Waals surface area contributed by atoms with E-state index in [0.717, 1.165) is 18.4 Å². The van der Waals surface area contributed by atoms with Gasteiger partial charge in [0.15, 0.2) is 17.3 Å². The van der Waals surface area contributed by atoms with Crippen LogP contribution in [0.3, 0.4) is 0 Å². The lowest BCUT2D eigenvalue weighted by Gasteiger charge is -2.23.